The van der Waals surface area contributed by atoms with Crippen LogP contribution in [0.4, 0.5) is 11.4 Å². The summed E-state index contributed by atoms with van der Waals surface area (Å²) in [6.07, 6.45) is 0.907. The number of nitrogens with zero attached hydrogens (tertiary/aromatic N) is 4. The number of rotatable bonds is 3. The summed E-state index contributed by atoms with van der Waals surface area (Å²) in [5.41, 5.74) is 0.803. The molecular weight excluding hydrogens is 476 g/mol. The molecule has 0 saturated carbocycles. The molecule has 0 N–H and O–H groups in total. The van der Waals surface area contributed by atoms with Gasteiger partial charge in [0.15, 0.2) is 0 Å². The van der Waals surface area contributed by atoms with Crippen molar-refractivity contribution < 1.29 is 14.5 Å². The monoisotopic (exact) mass is 490 g/mol. The average Bonchev–Trinajstić information content (AvgIpc) is 3.36. The number of nitro benzene ring substituents is 1. The van der Waals surface area contributed by atoms with Crippen molar-refractivity contribution in [3.8, 4) is 0 Å². The fourth-order valence-corrected chi connectivity index (χ4v) is 5.26. The van der Waals surface area contributed by atoms with E-state index in [4.69, 9.17) is 11.6 Å². The Labute approximate surface area is 185 Å². The first kappa shape index (κ1) is 19.6. The predicted molar refractivity (Wildman–Crippen MR) is 113 cm³/mol. The molecule has 3 saturated heterocycles. The lowest BCUT2D eigenvalue weighted by atomic mass is 9.90. The number of carbonyl (C=O) groups is 2. The van der Waals surface area contributed by atoms with E-state index in [0.717, 1.165) is 27.9 Å². The van der Waals surface area contributed by atoms with Crippen molar-refractivity contribution >= 4 is 50.7 Å². The van der Waals surface area contributed by atoms with E-state index in [-0.39, 0.29) is 34.3 Å². The van der Waals surface area contributed by atoms with E-state index in [1.165, 1.54) is 18.2 Å². The fourth-order valence-electron chi connectivity index (χ4n) is 4.81. The van der Waals surface area contributed by atoms with Crippen LogP contribution < -0.4 is 4.90 Å². The molecule has 3 atom stereocenters. The van der Waals surface area contributed by atoms with E-state index in [0.29, 0.717) is 6.54 Å². The minimum atomic E-state index is -0.621. The zero-order chi connectivity index (χ0) is 21.2. The quantitative estimate of drug-likeness (QED) is 0.371. The van der Waals surface area contributed by atoms with E-state index in [1.807, 2.05) is 29.3 Å². The van der Waals surface area contributed by atoms with Gasteiger partial charge in [-0.15, -0.1) is 0 Å². The van der Waals surface area contributed by atoms with Crippen LogP contribution in [-0.4, -0.2) is 45.9 Å². The molecule has 2 aromatic carbocycles. The highest BCUT2D eigenvalue weighted by Gasteiger charge is 2.62. The van der Waals surface area contributed by atoms with Gasteiger partial charge in [0.2, 0.25) is 5.91 Å². The lowest BCUT2D eigenvalue weighted by Gasteiger charge is -2.29. The van der Waals surface area contributed by atoms with Crippen LogP contribution in [0.25, 0.3) is 0 Å². The molecule has 0 spiro atoms. The molecular formula is C20H16BrClN4O4. The van der Waals surface area contributed by atoms with Gasteiger partial charge in [-0.05, 0) is 36.2 Å². The highest BCUT2D eigenvalue weighted by molar-refractivity contribution is 9.10. The maximum absolute atomic E-state index is 13.5. The van der Waals surface area contributed by atoms with Gasteiger partial charge < -0.3 is 0 Å². The Bertz CT molecular complexity index is 1080. The van der Waals surface area contributed by atoms with Crippen LogP contribution in [0.1, 0.15) is 18.0 Å². The summed E-state index contributed by atoms with van der Waals surface area (Å²) in [5, 5.41) is 15.3. The van der Waals surface area contributed by atoms with Gasteiger partial charge in [-0.2, -0.15) is 0 Å². The number of anilines is 1. The SMILES string of the molecule is O=C1[C@H]2[C@@H](C(=O)N1c1ccc(Cl)c([N+](=O)[O-])c1)N1CCCN1[C@H]2c1ccc(Br)cc1. The van der Waals surface area contributed by atoms with Crippen LogP contribution in [-0.2, 0) is 9.59 Å². The summed E-state index contributed by atoms with van der Waals surface area (Å²) in [6, 6.07) is 10.9. The third-order valence-corrected chi connectivity index (χ3v) is 6.85. The van der Waals surface area contributed by atoms with Gasteiger partial charge in [0.25, 0.3) is 11.6 Å². The normalized spacial score (nSPS) is 26.3. The van der Waals surface area contributed by atoms with Crippen LogP contribution in [0, 0.1) is 16.0 Å². The second-order valence-electron chi connectivity index (χ2n) is 7.55. The highest BCUT2D eigenvalue weighted by atomic mass is 79.9. The first-order chi connectivity index (χ1) is 14.4. The Balaban J connectivity index is 1.58. The van der Waals surface area contributed by atoms with Gasteiger partial charge in [0, 0.05) is 23.6 Å². The predicted octanol–water partition coefficient (Wildman–Crippen LogP) is 3.55. The summed E-state index contributed by atoms with van der Waals surface area (Å²) in [5.74, 6) is -1.27. The number of benzene rings is 2. The Hall–Kier alpha value is -2.33. The number of hydrazine groups is 1. The second kappa shape index (κ2) is 7.12. The second-order valence-corrected chi connectivity index (χ2v) is 8.87. The summed E-state index contributed by atoms with van der Waals surface area (Å²) >= 11 is 9.34. The molecule has 8 nitrogen and oxygen atoms in total. The van der Waals surface area contributed by atoms with Crippen molar-refractivity contribution in [1.82, 2.24) is 10.0 Å². The molecule has 30 heavy (non-hydrogen) atoms. The molecule has 0 unspecified atom stereocenters. The van der Waals surface area contributed by atoms with E-state index in [1.54, 1.807) is 0 Å². The fraction of sp³-hybridized carbons (Fsp3) is 0.300. The standard InChI is InChI=1S/C20H16BrClN4O4/c21-12-4-2-11(3-5-12)17-16-18(24-9-1-8-23(17)24)20(28)25(19(16)27)13-6-7-14(22)15(10-13)26(29)30/h2-7,10,16-18H,1,8-9H2/t16-,17+,18+/m1/s1. The molecule has 2 amide bonds. The number of hydrogen-bond acceptors (Lipinski definition) is 6. The lowest BCUT2D eigenvalue weighted by Crippen LogP contribution is -2.44. The number of halogens is 2. The van der Waals surface area contributed by atoms with Crippen LogP contribution in [0.2, 0.25) is 5.02 Å². The van der Waals surface area contributed by atoms with Crippen LogP contribution in [0.5, 0.6) is 0 Å². The van der Waals surface area contributed by atoms with Crippen LogP contribution in [0.15, 0.2) is 46.9 Å². The average molecular weight is 492 g/mol. The van der Waals surface area contributed by atoms with Gasteiger partial charge in [-0.25, -0.2) is 14.9 Å². The number of fused-ring (bicyclic) bond motifs is 3. The Kier molecular flexibility index (Phi) is 4.66. The van der Waals surface area contributed by atoms with Gasteiger partial charge in [-0.1, -0.05) is 39.7 Å². The Morgan fingerprint density at radius 3 is 2.33 bits per heavy atom. The van der Waals surface area contributed by atoms with Crippen molar-refractivity contribution in [1.29, 1.82) is 0 Å². The van der Waals surface area contributed by atoms with Gasteiger partial charge >= 0.3 is 0 Å². The number of imide groups is 1. The van der Waals surface area contributed by atoms with Gasteiger partial charge in [0.1, 0.15) is 11.1 Å². The highest BCUT2D eigenvalue weighted by Crippen LogP contribution is 2.49. The molecule has 0 radical (unpaired) electrons. The number of nitro groups is 1. The van der Waals surface area contributed by atoms with Crippen LogP contribution >= 0.6 is 27.5 Å². The maximum atomic E-state index is 13.5. The zero-order valence-electron chi connectivity index (χ0n) is 15.6. The number of hydrogen-bond donors (Lipinski definition) is 0. The minimum Gasteiger partial charge on any atom is -0.274 e. The van der Waals surface area contributed by atoms with Crippen molar-refractivity contribution in [3.05, 3.63) is 67.6 Å². The molecule has 3 aliphatic rings. The molecule has 154 valence electrons. The largest absolute Gasteiger partial charge is 0.289 e. The summed E-state index contributed by atoms with van der Waals surface area (Å²) in [6.45, 7) is 1.47. The van der Waals surface area contributed by atoms with Crippen molar-refractivity contribution in [2.75, 3.05) is 18.0 Å². The lowest BCUT2D eigenvalue weighted by molar-refractivity contribution is -0.384. The van der Waals surface area contributed by atoms with Gasteiger partial charge in [0.05, 0.1) is 22.6 Å². The first-order valence-corrected chi connectivity index (χ1v) is 10.7. The minimum absolute atomic E-state index is 0.0403. The molecule has 0 aromatic heterocycles. The van der Waals surface area contributed by atoms with Crippen molar-refractivity contribution in [2.24, 2.45) is 5.92 Å². The van der Waals surface area contributed by atoms with Crippen molar-refractivity contribution in [3.63, 3.8) is 0 Å². The molecule has 0 bridgehead atoms. The van der Waals surface area contributed by atoms with E-state index in [2.05, 4.69) is 20.9 Å². The molecule has 5 rings (SSSR count). The van der Waals surface area contributed by atoms with E-state index in [9.17, 15) is 19.7 Å². The van der Waals surface area contributed by atoms with Gasteiger partial charge in [-0.3, -0.25) is 19.7 Å². The van der Waals surface area contributed by atoms with E-state index >= 15 is 0 Å². The van der Waals surface area contributed by atoms with Crippen molar-refractivity contribution in [2.45, 2.75) is 18.5 Å². The zero-order valence-corrected chi connectivity index (χ0v) is 17.9. The van der Waals surface area contributed by atoms with E-state index < -0.39 is 16.9 Å². The topological polar surface area (TPSA) is 87.0 Å². The third-order valence-electron chi connectivity index (χ3n) is 6.00. The third kappa shape index (κ3) is 2.80. The molecule has 3 heterocycles. The smallest absolute Gasteiger partial charge is 0.274 e. The Morgan fingerprint density at radius 1 is 1.00 bits per heavy atom. The molecule has 10 heteroatoms. The molecule has 2 aromatic rings. The number of amides is 2. The summed E-state index contributed by atoms with van der Waals surface area (Å²) < 4.78 is 0.933. The molecule has 3 aliphatic heterocycles. The Morgan fingerprint density at radius 2 is 1.67 bits per heavy atom. The number of carbonyl (C=O) groups excluding carboxylic acids is 2. The van der Waals surface area contributed by atoms with Crippen LogP contribution in [0.3, 0.4) is 0 Å². The molecule has 0 aliphatic carbocycles. The maximum Gasteiger partial charge on any atom is 0.289 e. The first-order valence-electron chi connectivity index (χ1n) is 9.49. The molecule has 3 fully saturated rings. The summed E-state index contributed by atoms with van der Waals surface area (Å²) in [7, 11) is 0. The summed E-state index contributed by atoms with van der Waals surface area (Å²) in [4.78, 5) is 38.6.